The van der Waals surface area contributed by atoms with Gasteiger partial charge in [-0.05, 0) is 18.3 Å². The molecule has 0 aromatic rings. The number of hydrogen-bond donors (Lipinski definition) is 1. The van der Waals surface area contributed by atoms with E-state index >= 15 is 0 Å². The van der Waals surface area contributed by atoms with Gasteiger partial charge in [-0.2, -0.15) is 9.69 Å². The number of imide groups is 1. The van der Waals surface area contributed by atoms with Crippen LogP contribution in [0, 0.1) is 5.41 Å². The lowest BCUT2D eigenvalue weighted by Crippen LogP contribution is -2.59. The van der Waals surface area contributed by atoms with Crippen molar-refractivity contribution in [1.82, 2.24) is 15.1 Å². The van der Waals surface area contributed by atoms with Crippen LogP contribution in [0.15, 0.2) is 0 Å². The van der Waals surface area contributed by atoms with E-state index in [2.05, 4.69) is 10.2 Å². The fraction of sp³-hybridized carbons (Fsp3) is 0.765. The molecule has 1 N–H and O–H groups in total. The minimum atomic E-state index is -0.399. The molecule has 0 aromatic heterocycles. The number of carbonyl (C=O) groups is 3. The summed E-state index contributed by atoms with van der Waals surface area (Å²) in [6, 6.07) is -0.545. The van der Waals surface area contributed by atoms with E-state index in [1.807, 2.05) is 20.8 Å². The van der Waals surface area contributed by atoms with Crippen molar-refractivity contribution in [1.29, 1.82) is 0 Å². The molecule has 7 nitrogen and oxygen atoms in total. The molecular formula is C17H29N4O3+. The minimum Gasteiger partial charge on any atom is -0.353 e. The van der Waals surface area contributed by atoms with Crippen molar-refractivity contribution in [3.63, 3.8) is 0 Å². The second-order valence-corrected chi connectivity index (χ2v) is 8.00. The molecule has 2 aliphatic rings. The first-order chi connectivity index (χ1) is 11.1. The highest BCUT2D eigenvalue weighted by Crippen LogP contribution is 2.20. The van der Waals surface area contributed by atoms with Crippen LogP contribution in [0.4, 0.5) is 4.79 Å². The third-order valence-electron chi connectivity index (χ3n) is 4.52. The van der Waals surface area contributed by atoms with Crippen LogP contribution in [0.3, 0.4) is 0 Å². The average molecular weight is 337 g/mol. The lowest BCUT2D eigenvalue weighted by atomic mass is 9.91. The Morgan fingerprint density at radius 2 is 1.88 bits per heavy atom. The number of rotatable bonds is 3. The van der Waals surface area contributed by atoms with Gasteiger partial charge in [0.25, 0.3) is 0 Å². The van der Waals surface area contributed by atoms with Crippen molar-refractivity contribution >= 4 is 24.1 Å². The fourth-order valence-corrected chi connectivity index (χ4v) is 3.20. The normalized spacial score (nSPS) is 24.1. The topological polar surface area (TPSA) is 72.7 Å². The zero-order valence-electron chi connectivity index (χ0n) is 15.3. The summed E-state index contributed by atoms with van der Waals surface area (Å²) in [4.78, 5) is 39.4. The third-order valence-corrected chi connectivity index (χ3v) is 4.52. The molecule has 0 aromatic carbocycles. The molecule has 1 saturated heterocycles. The Kier molecular flexibility index (Phi) is 5.42. The van der Waals surface area contributed by atoms with Gasteiger partial charge in [-0.15, -0.1) is 0 Å². The molecule has 0 radical (unpaired) electrons. The zero-order chi connectivity index (χ0) is 18.1. The summed E-state index contributed by atoms with van der Waals surface area (Å²) >= 11 is 0. The molecule has 0 saturated carbocycles. The minimum absolute atomic E-state index is 0.0179. The van der Waals surface area contributed by atoms with Crippen LogP contribution >= 0.6 is 0 Å². The largest absolute Gasteiger partial charge is 0.500 e. The first-order valence-corrected chi connectivity index (χ1v) is 8.51. The molecule has 2 rings (SSSR count). The van der Waals surface area contributed by atoms with Gasteiger partial charge in [0.05, 0.1) is 14.1 Å². The van der Waals surface area contributed by atoms with Gasteiger partial charge in [0, 0.05) is 25.6 Å². The molecule has 0 spiro atoms. The third kappa shape index (κ3) is 4.41. The molecule has 2 heterocycles. The van der Waals surface area contributed by atoms with E-state index in [1.165, 1.54) is 16.5 Å². The molecule has 2 aliphatic heterocycles. The highest BCUT2D eigenvalue weighted by atomic mass is 16.2. The smallest absolute Gasteiger partial charge is 0.353 e. The summed E-state index contributed by atoms with van der Waals surface area (Å²) in [5.41, 5.74) is -0.0179. The van der Waals surface area contributed by atoms with E-state index in [4.69, 9.17) is 0 Å². The molecule has 24 heavy (non-hydrogen) atoms. The van der Waals surface area contributed by atoms with Gasteiger partial charge in [-0.1, -0.05) is 20.8 Å². The Balaban J connectivity index is 1.90. The molecule has 1 unspecified atom stereocenters. The number of amides is 4. The summed E-state index contributed by atoms with van der Waals surface area (Å²) in [5, 5.41) is 3.10. The van der Waals surface area contributed by atoms with Crippen molar-refractivity contribution < 1.29 is 19.0 Å². The lowest BCUT2D eigenvalue weighted by molar-refractivity contribution is -0.401. The van der Waals surface area contributed by atoms with Gasteiger partial charge in [-0.25, -0.2) is 9.37 Å². The summed E-state index contributed by atoms with van der Waals surface area (Å²) in [7, 11) is 3.18. The van der Waals surface area contributed by atoms with Crippen LogP contribution in [-0.2, 0) is 9.59 Å². The standard InChI is InChI=1S/C17H28N4O3/c1-17(2,3)10-14(22)18-12-6-8-21(9-7-12)13-11-19(4)16(24)20(5)15(13)23/h11-13H,6-10H2,1-5H3/p+1. The zero-order valence-corrected chi connectivity index (χ0v) is 15.3. The van der Waals surface area contributed by atoms with Crippen LogP contribution in [-0.4, -0.2) is 77.7 Å². The van der Waals surface area contributed by atoms with Crippen molar-refractivity contribution in [3.8, 4) is 0 Å². The lowest BCUT2D eigenvalue weighted by Gasteiger charge is -2.36. The number of urea groups is 1. The van der Waals surface area contributed by atoms with Crippen LogP contribution in [0.2, 0.25) is 0 Å². The molecule has 0 bridgehead atoms. The maximum atomic E-state index is 12.3. The second kappa shape index (κ2) is 7.01. The number of carbonyl (C=O) groups excluding carboxylic acids is 3. The Morgan fingerprint density at radius 3 is 2.42 bits per heavy atom. The van der Waals surface area contributed by atoms with Crippen molar-refractivity contribution in [2.75, 3.05) is 27.2 Å². The molecular weight excluding hydrogens is 308 g/mol. The van der Waals surface area contributed by atoms with E-state index in [-0.39, 0.29) is 29.3 Å². The number of hydrogen-bond acceptors (Lipinski definition) is 4. The number of nitrogens with one attached hydrogen (secondary N) is 1. The predicted molar refractivity (Wildman–Crippen MR) is 91.0 cm³/mol. The van der Waals surface area contributed by atoms with Crippen LogP contribution in [0.1, 0.15) is 40.0 Å². The number of nitrogens with zero attached hydrogens (tertiary/aromatic N) is 3. The first kappa shape index (κ1) is 18.6. The molecule has 4 amide bonds. The van der Waals surface area contributed by atoms with E-state index < -0.39 is 6.04 Å². The Morgan fingerprint density at radius 1 is 1.29 bits per heavy atom. The van der Waals surface area contributed by atoms with Gasteiger partial charge in [0.15, 0.2) is 6.04 Å². The summed E-state index contributed by atoms with van der Waals surface area (Å²) < 4.78 is 1.46. The number of likely N-dealkylation sites (N-methyl/N-ethyl adjacent to an activating group) is 1. The van der Waals surface area contributed by atoms with Crippen molar-refractivity contribution in [2.24, 2.45) is 5.41 Å². The molecule has 7 heteroatoms. The molecule has 134 valence electrons. The highest BCUT2D eigenvalue weighted by Gasteiger charge is 2.42. The monoisotopic (exact) mass is 337 g/mol. The maximum Gasteiger partial charge on any atom is 0.500 e. The van der Waals surface area contributed by atoms with E-state index in [1.54, 1.807) is 13.3 Å². The summed E-state index contributed by atoms with van der Waals surface area (Å²) in [5.74, 6) is -0.0976. The second-order valence-electron chi connectivity index (χ2n) is 8.00. The van der Waals surface area contributed by atoms with Crippen LogP contribution in [0.5, 0.6) is 0 Å². The van der Waals surface area contributed by atoms with Crippen LogP contribution in [0.25, 0.3) is 0 Å². The summed E-state index contributed by atoms with van der Waals surface area (Å²) in [6.07, 6.45) is 3.83. The Labute approximate surface area is 143 Å². The van der Waals surface area contributed by atoms with Gasteiger partial charge in [-0.3, -0.25) is 9.69 Å². The van der Waals surface area contributed by atoms with Crippen molar-refractivity contribution in [2.45, 2.75) is 52.1 Å². The van der Waals surface area contributed by atoms with Crippen molar-refractivity contribution in [3.05, 3.63) is 0 Å². The van der Waals surface area contributed by atoms with Gasteiger partial charge in [0.1, 0.15) is 6.21 Å². The molecule has 0 aliphatic carbocycles. The van der Waals surface area contributed by atoms with Gasteiger partial charge < -0.3 is 5.32 Å². The average Bonchev–Trinajstić information content (AvgIpc) is 2.48. The van der Waals surface area contributed by atoms with Crippen LogP contribution < -0.4 is 5.32 Å². The van der Waals surface area contributed by atoms with Gasteiger partial charge >= 0.3 is 11.9 Å². The quantitative estimate of drug-likeness (QED) is 0.769. The Hall–Kier alpha value is -1.76. The van der Waals surface area contributed by atoms with E-state index in [9.17, 15) is 14.4 Å². The Bertz CT molecular complexity index is 557. The number of likely N-dealkylation sites (tertiary alicyclic amines) is 1. The van der Waals surface area contributed by atoms with Gasteiger partial charge in [0.2, 0.25) is 5.91 Å². The predicted octanol–water partition coefficient (Wildman–Crippen LogP) is 0.677. The van der Waals surface area contributed by atoms with E-state index in [0.29, 0.717) is 6.42 Å². The van der Waals surface area contributed by atoms with E-state index in [0.717, 1.165) is 25.9 Å². The fourth-order valence-electron chi connectivity index (χ4n) is 3.20. The first-order valence-electron chi connectivity index (χ1n) is 8.51. The summed E-state index contributed by atoms with van der Waals surface area (Å²) in [6.45, 7) is 7.60. The SMILES string of the molecule is CN1C(=O)C(N2CCC(NC(=O)CC(C)(C)C)CC2)C=[N+](C)C1=O. The number of piperidine rings is 1. The maximum absolute atomic E-state index is 12.3. The highest BCUT2D eigenvalue weighted by molar-refractivity contribution is 6.06. The molecule has 1 fully saturated rings. The molecule has 1 atom stereocenters.